The van der Waals surface area contributed by atoms with E-state index in [4.69, 9.17) is 15.3 Å². The second-order valence-corrected chi connectivity index (χ2v) is 4.64. The lowest BCUT2D eigenvalue weighted by atomic mass is 9.93. The number of rotatable bonds is 4. The summed E-state index contributed by atoms with van der Waals surface area (Å²) in [4.78, 5) is 0. The summed E-state index contributed by atoms with van der Waals surface area (Å²) < 4.78 is 24.3. The number of methoxy groups -OCH3 is 1. The van der Waals surface area contributed by atoms with Gasteiger partial charge in [-0.25, -0.2) is 4.39 Å². The maximum atomic E-state index is 13.7. The van der Waals surface area contributed by atoms with Crippen molar-refractivity contribution in [3.8, 4) is 5.75 Å². The first-order chi connectivity index (χ1) is 8.67. The summed E-state index contributed by atoms with van der Waals surface area (Å²) in [6, 6.07) is 4.65. The Morgan fingerprint density at radius 1 is 1.56 bits per heavy atom. The van der Waals surface area contributed by atoms with Crippen molar-refractivity contribution in [1.29, 1.82) is 0 Å². The predicted molar refractivity (Wildman–Crippen MR) is 66.5 cm³/mol. The number of nitrogens with two attached hydrogens (primary N) is 1. The highest BCUT2D eigenvalue weighted by Crippen LogP contribution is 2.32. The van der Waals surface area contributed by atoms with E-state index >= 15 is 0 Å². The van der Waals surface area contributed by atoms with Crippen LogP contribution in [0.2, 0.25) is 0 Å². The quantitative estimate of drug-likeness (QED) is 0.635. The average Bonchev–Trinajstić information content (AvgIpc) is 2.77. The van der Waals surface area contributed by atoms with Crippen molar-refractivity contribution in [3.05, 3.63) is 29.6 Å². The van der Waals surface area contributed by atoms with Crippen molar-refractivity contribution < 1.29 is 13.9 Å². The van der Waals surface area contributed by atoms with Gasteiger partial charge in [-0.1, -0.05) is 13.0 Å². The van der Waals surface area contributed by atoms with Gasteiger partial charge in [0.05, 0.1) is 19.3 Å². The Bertz CT molecular complexity index is 414. The average molecular weight is 254 g/mol. The topological polar surface area (TPSA) is 56.5 Å². The fraction of sp³-hybridized carbons (Fsp3) is 0.538. The first-order valence-corrected chi connectivity index (χ1v) is 6.08. The number of hydrogen-bond donors (Lipinski definition) is 2. The minimum Gasteiger partial charge on any atom is -0.494 e. The monoisotopic (exact) mass is 254 g/mol. The highest BCUT2D eigenvalue weighted by atomic mass is 19.1. The van der Waals surface area contributed by atoms with Gasteiger partial charge in [-0.15, -0.1) is 0 Å². The van der Waals surface area contributed by atoms with E-state index in [9.17, 15) is 4.39 Å². The number of hydrogen-bond acceptors (Lipinski definition) is 4. The fourth-order valence-corrected chi connectivity index (χ4v) is 2.40. The second-order valence-electron chi connectivity index (χ2n) is 4.64. The lowest BCUT2D eigenvalue weighted by Crippen LogP contribution is -2.38. The first-order valence-electron chi connectivity index (χ1n) is 6.08. The molecule has 1 aliphatic rings. The molecule has 0 saturated carbocycles. The van der Waals surface area contributed by atoms with Crippen LogP contribution in [0.15, 0.2) is 18.2 Å². The third kappa shape index (κ3) is 2.48. The molecule has 3 N–H and O–H groups in total. The van der Waals surface area contributed by atoms with Gasteiger partial charge < -0.3 is 9.47 Å². The van der Waals surface area contributed by atoms with E-state index in [1.165, 1.54) is 13.2 Å². The van der Waals surface area contributed by atoms with Crippen LogP contribution in [0.4, 0.5) is 4.39 Å². The molecule has 1 aromatic carbocycles. The number of halogens is 1. The highest BCUT2D eigenvalue weighted by Gasteiger charge is 2.32. The Morgan fingerprint density at radius 3 is 2.83 bits per heavy atom. The van der Waals surface area contributed by atoms with Crippen molar-refractivity contribution in [2.24, 2.45) is 11.8 Å². The van der Waals surface area contributed by atoms with Gasteiger partial charge in [-0.3, -0.25) is 11.3 Å². The van der Waals surface area contributed by atoms with Crippen molar-refractivity contribution in [2.75, 3.05) is 13.7 Å². The number of benzene rings is 1. The molecule has 0 aliphatic carbocycles. The van der Waals surface area contributed by atoms with Gasteiger partial charge in [0.1, 0.15) is 0 Å². The molecular weight excluding hydrogens is 235 g/mol. The highest BCUT2D eigenvalue weighted by molar-refractivity contribution is 5.31. The van der Waals surface area contributed by atoms with Crippen LogP contribution < -0.4 is 16.0 Å². The van der Waals surface area contributed by atoms with Crippen molar-refractivity contribution in [1.82, 2.24) is 5.43 Å². The maximum absolute atomic E-state index is 13.7. The molecule has 1 heterocycles. The molecule has 1 aliphatic heterocycles. The SMILES string of the molecule is COc1ccc(C(NN)C2OCCC2C)cc1F. The van der Waals surface area contributed by atoms with E-state index < -0.39 is 0 Å². The molecule has 5 heteroatoms. The Hall–Kier alpha value is -1.17. The molecule has 1 fully saturated rings. The number of ether oxygens (including phenoxy) is 2. The molecule has 0 amide bonds. The molecule has 0 aromatic heterocycles. The first kappa shape index (κ1) is 13.3. The molecule has 0 bridgehead atoms. The number of hydrazine groups is 1. The molecule has 4 nitrogen and oxygen atoms in total. The Balaban J connectivity index is 2.24. The third-order valence-electron chi connectivity index (χ3n) is 3.49. The summed E-state index contributed by atoms with van der Waals surface area (Å²) in [6.45, 7) is 2.84. The van der Waals surface area contributed by atoms with Crippen molar-refractivity contribution in [2.45, 2.75) is 25.5 Å². The molecule has 0 radical (unpaired) electrons. The summed E-state index contributed by atoms with van der Waals surface area (Å²) >= 11 is 0. The largest absolute Gasteiger partial charge is 0.494 e. The molecule has 18 heavy (non-hydrogen) atoms. The Kier molecular flexibility index (Phi) is 4.16. The van der Waals surface area contributed by atoms with E-state index in [2.05, 4.69) is 12.3 Å². The molecule has 100 valence electrons. The third-order valence-corrected chi connectivity index (χ3v) is 3.49. The van der Waals surface area contributed by atoms with Gasteiger partial charge in [0.2, 0.25) is 0 Å². The summed E-state index contributed by atoms with van der Waals surface area (Å²) in [5.41, 5.74) is 3.50. The van der Waals surface area contributed by atoms with E-state index in [0.717, 1.165) is 18.6 Å². The van der Waals surface area contributed by atoms with Crippen molar-refractivity contribution in [3.63, 3.8) is 0 Å². The van der Waals surface area contributed by atoms with Crippen LogP contribution in [-0.2, 0) is 4.74 Å². The maximum Gasteiger partial charge on any atom is 0.165 e. The van der Waals surface area contributed by atoms with Gasteiger partial charge in [-0.05, 0) is 30.0 Å². The van der Waals surface area contributed by atoms with Crippen LogP contribution in [-0.4, -0.2) is 19.8 Å². The Morgan fingerprint density at radius 2 is 2.33 bits per heavy atom. The van der Waals surface area contributed by atoms with Crippen LogP contribution in [0.1, 0.15) is 24.9 Å². The second kappa shape index (κ2) is 5.65. The van der Waals surface area contributed by atoms with Crippen LogP contribution in [0.3, 0.4) is 0 Å². The summed E-state index contributed by atoms with van der Waals surface area (Å²) in [5.74, 6) is 5.83. The minimum absolute atomic E-state index is 0.0252. The molecule has 1 saturated heterocycles. The molecule has 1 aromatic rings. The smallest absolute Gasteiger partial charge is 0.165 e. The molecule has 2 rings (SSSR count). The standard InChI is InChI=1S/C13H19FN2O2/c1-8-5-6-18-13(8)12(16-15)9-3-4-11(17-2)10(14)7-9/h3-4,7-8,12-13,16H,5-6,15H2,1-2H3. The van der Waals surface area contributed by atoms with E-state index in [-0.39, 0.29) is 23.7 Å². The van der Waals surface area contributed by atoms with Gasteiger partial charge in [0.25, 0.3) is 0 Å². The lowest BCUT2D eigenvalue weighted by molar-refractivity contribution is 0.0606. The zero-order valence-electron chi connectivity index (χ0n) is 10.7. The normalized spacial score (nSPS) is 25.1. The summed E-state index contributed by atoms with van der Waals surface area (Å²) in [7, 11) is 1.44. The van der Waals surface area contributed by atoms with Gasteiger partial charge in [0.15, 0.2) is 11.6 Å². The fourth-order valence-electron chi connectivity index (χ4n) is 2.40. The molecular formula is C13H19FN2O2. The van der Waals surface area contributed by atoms with Crippen LogP contribution in [0.25, 0.3) is 0 Å². The van der Waals surface area contributed by atoms with Crippen molar-refractivity contribution >= 4 is 0 Å². The van der Waals surface area contributed by atoms with Gasteiger partial charge >= 0.3 is 0 Å². The summed E-state index contributed by atoms with van der Waals surface area (Å²) in [6.07, 6.45) is 0.976. The Labute approximate surface area is 106 Å². The van der Waals surface area contributed by atoms with E-state index in [1.54, 1.807) is 12.1 Å². The zero-order chi connectivity index (χ0) is 13.1. The zero-order valence-corrected chi connectivity index (χ0v) is 10.7. The van der Waals surface area contributed by atoms with Crippen LogP contribution in [0, 0.1) is 11.7 Å². The lowest BCUT2D eigenvalue weighted by Gasteiger charge is -2.26. The summed E-state index contributed by atoms with van der Waals surface area (Å²) in [5, 5.41) is 0. The molecule has 0 spiro atoms. The van der Waals surface area contributed by atoms with E-state index in [1.807, 2.05) is 0 Å². The van der Waals surface area contributed by atoms with Crippen LogP contribution in [0.5, 0.6) is 5.75 Å². The van der Waals surface area contributed by atoms with Gasteiger partial charge in [0, 0.05) is 6.61 Å². The predicted octanol–water partition coefficient (Wildman–Crippen LogP) is 1.76. The van der Waals surface area contributed by atoms with Crippen LogP contribution >= 0.6 is 0 Å². The molecule has 3 atom stereocenters. The van der Waals surface area contributed by atoms with Gasteiger partial charge in [-0.2, -0.15) is 0 Å². The minimum atomic E-state index is -0.388. The number of nitrogens with one attached hydrogen (secondary N) is 1. The molecule has 3 unspecified atom stereocenters. The van der Waals surface area contributed by atoms with E-state index in [0.29, 0.717) is 5.92 Å².